The molecule has 2 aromatic rings. The van der Waals surface area contributed by atoms with Crippen LogP contribution >= 0.6 is 27.3 Å². The average Bonchev–Trinajstić information content (AvgIpc) is 2.83. The molecule has 0 aliphatic rings. The number of carbonyl (C=O) groups excluding carboxylic acids is 1. The number of nitrogens with one attached hydrogen (secondary N) is 1. The van der Waals surface area contributed by atoms with Crippen molar-refractivity contribution in [2.75, 3.05) is 0 Å². The molecule has 2 aromatic heterocycles. The standard InChI is InChI=1S/C11H12BrN3OS/c1-7-5-9(17-10(7)12)11(16)13-6-8-3-4-15(2)14-8/h3-5H,6H2,1-2H3,(H,13,16). The van der Waals surface area contributed by atoms with E-state index < -0.39 is 0 Å². The number of amides is 1. The summed E-state index contributed by atoms with van der Waals surface area (Å²) in [6.45, 7) is 2.42. The van der Waals surface area contributed by atoms with E-state index in [1.807, 2.05) is 32.3 Å². The summed E-state index contributed by atoms with van der Waals surface area (Å²) in [5.41, 5.74) is 1.94. The Morgan fingerprint density at radius 3 is 2.94 bits per heavy atom. The Kier molecular flexibility index (Phi) is 3.63. The first-order valence-corrected chi connectivity index (χ1v) is 6.70. The molecule has 0 atom stereocenters. The molecular formula is C11H12BrN3OS. The predicted molar refractivity (Wildman–Crippen MR) is 71.1 cm³/mol. The maximum Gasteiger partial charge on any atom is 0.261 e. The third-order valence-electron chi connectivity index (χ3n) is 2.28. The maximum atomic E-state index is 11.8. The minimum Gasteiger partial charge on any atom is -0.346 e. The first kappa shape index (κ1) is 12.3. The van der Waals surface area contributed by atoms with Crippen LogP contribution in [-0.4, -0.2) is 15.7 Å². The molecule has 1 N–H and O–H groups in total. The molecule has 0 saturated carbocycles. The van der Waals surface area contributed by atoms with Gasteiger partial charge in [0.1, 0.15) is 0 Å². The topological polar surface area (TPSA) is 46.9 Å². The van der Waals surface area contributed by atoms with Crippen molar-refractivity contribution in [1.29, 1.82) is 0 Å². The summed E-state index contributed by atoms with van der Waals surface area (Å²) in [5, 5.41) is 7.04. The van der Waals surface area contributed by atoms with Crippen LogP contribution in [0.4, 0.5) is 0 Å². The second-order valence-corrected chi connectivity index (χ2v) is 6.10. The Morgan fingerprint density at radius 2 is 2.41 bits per heavy atom. The molecule has 2 rings (SSSR count). The molecule has 0 spiro atoms. The van der Waals surface area contributed by atoms with Crippen molar-refractivity contribution in [2.24, 2.45) is 7.05 Å². The second-order valence-electron chi connectivity index (χ2n) is 3.73. The van der Waals surface area contributed by atoms with Crippen LogP contribution in [0.15, 0.2) is 22.1 Å². The van der Waals surface area contributed by atoms with Crippen LogP contribution in [0.1, 0.15) is 20.9 Å². The fraction of sp³-hybridized carbons (Fsp3) is 0.273. The molecule has 2 heterocycles. The number of carbonyl (C=O) groups is 1. The van der Waals surface area contributed by atoms with Gasteiger partial charge in [-0.15, -0.1) is 11.3 Å². The van der Waals surface area contributed by atoms with Gasteiger partial charge >= 0.3 is 0 Å². The van der Waals surface area contributed by atoms with Crippen molar-refractivity contribution in [2.45, 2.75) is 13.5 Å². The van der Waals surface area contributed by atoms with Gasteiger partial charge in [-0.3, -0.25) is 9.48 Å². The lowest BCUT2D eigenvalue weighted by Crippen LogP contribution is -2.22. The molecule has 0 fully saturated rings. The van der Waals surface area contributed by atoms with E-state index >= 15 is 0 Å². The molecule has 0 radical (unpaired) electrons. The van der Waals surface area contributed by atoms with Crippen molar-refractivity contribution >= 4 is 33.2 Å². The summed E-state index contributed by atoms with van der Waals surface area (Å²) in [7, 11) is 1.85. The van der Waals surface area contributed by atoms with Crippen molar-refractivity contribution in [3.05, 3.63) is 38.3 Å². The Balaban J connectivity index is 1.98. The molecule has 0 saturated heterocycles. The van der Waals surface area contributed by atoms with Gasteiger partial charge in [-0.05, 0) is 40.5 Å². The highest BCUT2D eigenvalue weighted by molar-refractivity contribution is 9.11. The highest BCUT2D eigenvalue weighted by Crippen LogP contribution is 2.27. The first-order chi connectivity index (χ1) is 8.06. The Bertz CT molecular complexity index is 527. The molecule has 0 bridgehead atoms. The molecular weight excluding hydrogens is 302 g/mol. The average molecular weight is 314 g/mol. The van der Waals surface area contributed by atoms with Crippen LogP contribution < -0.4 is 5.32 Å². The third-order valence-corrected chi connectivity index (χ3v) is 4.42. The van der Waals surface area contributed by atoms with Crippen molar-refractivity contribution < 1.29 is 4.79 Å². The smallest absolute Gasteiger partial charge is 0.261 e. The lowest BCUT2D eigenvalue weighted by molar-refractivity contribution is 0.0954. The van der Waals surface area contributed by atoms with Gasteiger partial charge < -0.3 is 5.32 Å². The zero-order valence-electron chi connectivity index (χ0n) is 9.53. The van der Waals surface area contributed by atoms with Crippen LogP contribution in [-0.2, 0) is 13.6 Å². The van der Waals surface area contributed by atoms with Gasteiger partial charge in [-0.25, -0.2) is 0 Å². The summed E-state index contributed by atoms with van der Waals surface area (Å²) in [6, 6.07) is 3.76. The Morgan fingerprint density at radius 1 is 1.65 bits per heavy atom. The maximum absolute atomic E-state index is 11.8. The minimum absolute atomic E-state index is 0.0607. The molecule has 0 unspecified atom stereocenters. The normalized spacial score (nSPS) is 10.5. The van der Waals surface area contributed by atoms with Crippen molar-refractivity contribution in [3.8, 4) is 0 Å². The molecule has 0 aromatic carbocycles. The molecule has 4 nitrogen and oxygen atoms in total. The minimum atomic E-state index is -0.0607. The molecule has 0 aliphatic heterocycles. The van der Waals surface area contributed by atoms with Crippen molar-refractivity contribution in [3.63, 3.8) is 0 Å². The third kappa shape index (κ3) is 2.95. The van der Waals surface area contributed by atoms with E-state index in [2.05, 4.69) is 26.3 Å². The second kappa shape index (κ2) is 5.01. The van der Waals surface area contributed by atoms with Gasteiger partial charge in [0.05, 0.1) is 20.9 Å². The number of nitrogens with zero attached hydrogens (tertiary/aromatic N) is 2. The van der Waals surface area contributed by atoms with Gasteiger partial charge in [0, 0.05) is 13.2 Å². The van der Waals surface area contributed by atoms with Crippen LogP contribution in [0.5, 0.6) is 0 Å². The van der Waals surface area contributed by atoms with E-state index in [4.69, 9.17) is 0 Å². The van der Waals surface area contributed by atoms with E-state index in [0.29, 0.717) is 11.4 Å². The Labute approximate surface area is 112 Å². The van der Waals surface area contributed by atoms with Crippen LogP contribution in [0.25, 0.3) is 0 Å². The highest BCUT2D eigenvalue weighted by Gasteiger charge is 2.11. The highest BCUT2D eigenvalue weighted by atomic mass is 79.9. The van der Waals surface area contributed by atoms with E-state index in [0.717, 1.165) is 15.0 Å². The first-order valence-electron chi connectivity index (χ1n) is 5.09. The fourth-order valence-corrected chi connectivity index (χ4v) is 2.84. The fourth-order valence-electron chi connectivity index (χ4n) is 1.39. The molecule has 90 valence electrons. The van der Waals surface area contributed by atoms with Gasteiger partial charge in [-0.2, -0.15) is 5.10 Å². The number of rotatable bonds is 3. The summed E-state index contributed by atoms with van der Waals surface area (Å²) in [4.78, 5) is 12.5. The zero-order chi connectivity index (χ0) is 12.4. The molecule has 1 amide bonds. The summed E-state index contributed by atoms with van der Waals surface area (Å²) < 4.78 is 2.72. The van der Waals surface area contributed by atoms with Gasteiger partial charge in [0.15, 0.2) is 0 Å². The molecule has 0 aliphatic carbocycles. The number of hydrogen-bond acceptors (Lipinski definition) is 3. The van der Waals surface area contributed by atoms with E-state index in [-0.39, 0.29) is 5.91 Å². The van der Waals surface area contributed by atoms with E-state index in [1.54, 1.807) is 4.68 Å². The number of aromatic nitrogens is 2. The van der Waals surface area contributed by atoms with Gasteiger partial charge in [-0.1, -0.05) is 0 Å². The lowest BCUT2D eigenvalue weighted by atomic mass is 10.3. The van der Waals surface area contributed by atoms with Crippen LogP contribution in [0.2, 0.25) is 0 Å². The van der Waals surface area contributed by atoms with Gasteiger partial charge in [0.25, 0.3) is 5.91 Å². The summed E-state index contributed by atoms with van der Waals surface area (Å²) >= 11 is 4.85. The lowest BCUT2D eigenvalue weighted by Gasteiger charge is -2.00. The zero-order valence-corrected chi connectivity index (χ0v) is 11.9. The SMILES string of the molecule is Cc1cc(C(=O)NCc2ccn(C)n2)sc1Br. The Hall–Kier alpha value is -1.14. The largest absolute Gasteiger partial charge is 0.346 e. The van der Waals surface area contributed by atoms with Crippen LogP contribution in [0.3, 0.4) is 0 Å². The monoisotopic (exact) mass is 313 g/mol. The molecule has 17 heavy (non-hydrogen) atoms. The number of hydrogen-bond donors (Lipinski definition) is 1. The van der Waals surface area contributed by atoms with E-state index in [9.17, 15) is 4.79 Å². The van der Waals surface area contributed by atoms with Crippen LogP contribution in [0, 0.1) is 6.92 Å². The van der Waals surface area contributed by atoms with E-state index in [1.165, 1.54) is 11.3 Å². The van der Waals surface area contributed by atoms with Crippen molar-refractivity contribution in [1.82, 2.24) is 15.1 Å². The number of aryl methyl sites for hydroxylation is 2. The molecule has 6 heteroatoms. The number of thiophene rings is 1. The predicted octanol–water partition coefficient (Wildman–Crippen LogP) is 2.48. The summed E-state index contributed by atoms with van der Waals surface area (Å²) in [6.07, 6.45) is 1.85. The quantitative estimate of drug-likeness (QED) is 0.946. The van der Waals surface area contributed by atoms with Gasteiger partial charge in [0.2, 0.25) is 0 Å². The number of halogens is 1. The summed E-state index contributed by atoms with van der Waals surface area (Å²) in [5.74, 6) is -0.0607.